The van der Waals surface area contributed by atoms with Gasteiger partial charge in [-0.3, -0.25) is 9.59 Å². The van der Waals surface area contributed by atoms with Crippen molar-refractivity contribution in [3.05, 3.63) is 58.1 Å². The van der Waals surface area contributed by atoms with Gasteiger partial charge < -0.3 is 15.1 Å². The fraction of sp³-hybridized carbons (Fsp3) is 0.263. The average Bonchev–Trinajstić information content (AvgIpc) is 2.60. The quantitative estimate of drug-likeness (QED) is 0.795. The van der Waals surface area contributed by atoms with Crippen molar-refractivity contribution >= 4 is 46.4 Å². The summed E-state index contributed by atoms with van der Waals surface area (Å²) in [6.07, 6.45) is 0. The van der Waals surface area contributed by atoms with Gasteiger partial charge in [-0.05, 0) is 42.8 Å². The van der Waals surface area contributed by atoms with E-state index in [1.54, 1.807) is 23.1 Å². The number of aryl methyl sites for hydroxylation is 1. The second kappa shape index (κ2) is 7.98. The molecule has 0 atom stereocenters. The molecule has 0 spiro atoms. The van der Waals surface area contributed by atoms with Gasteiger partial charge in [-0.25, -0.2) is 0 Å². The van der Waals surface area contributed by atoms with Gasteiger partial charge in [0.1, 0.15) is 0 Å². The first-order valence-corrected chi connectivity index (χ1v) is 9.06. The lowest BCUT2D eigenvalue weighted by Gasteiger charge is -2.35. The minimum Gasteiger partial charge on any atom is -0.368 e. The van der Waals surface area contributed by atoms with Crippen molar-refractivity contribution in [1.82, 2.24) is 4.90 Å². The number of anilines is 2. The van der Waals surface area contributed by atoms with Crippen molar-refractivity contribution in [3.63, 3.8) is 0 Å². The van der Waals surface area contributed by atoms with Crippen LogP contribution in [0.15, 0.2) is 42.5 Å². The standard InChI is InChI=1S/C19H19Cl2N3O2/c1-13-3-2-4-17(9-13)23-5-7-24(8-6-23)19(26)18(25)22-16-11-14(20)10-15(21)12-16/h2-4,9-12H,5-8H2,1H3,(H,22,25). The van der Waals surface area contributed by atoms with Gasteiger partial charge in [0.05, 0.1) is 0 Å². The van der Waals surface area contributed by atoms with Crippen LogP contribution in [-0.2, 0) is 9.59 Å². The molecule has 5 nitrogen and oxygen atoms in total. The number of carbonyl (C=O) groups is 2. The number of halogens is 2. The van der Waals surface area contributed by atoms with E-state index in [1.165, 1.54) is 5.56 Å². The molecule has 2 aromatic rings. The van der Waals surface area contributed by atoms with Crippen LogP contribution in [-0.4, -0.2) is 42.9 Å². The first kappa shape index (κ1) is 18.5. The van der Waals surface area contributed by atoms with Gasteiger partial charge in [0, 0.05) is 47.6 Å². The summed E-state index contributed by atoms with van der Waals surface area (Å²) >= 11 is 11.8. The predicted octanol–water partition coefficient (Wildman–Crippen LogP) is 3.59. The molecule has 1 aliphatic heterocycles. The second-order valence-corrected chi connectivity index (χ2v) is 7.10. The molecule has 136 valence electrons. The van der Waals surface area contributed by atoms with Crippen LogP contribution in [0, 0.1) is 6.92 Å². The van der Waals surface area contributed by atoms with Crippen LogP contribution < -0.4 is 10.2 Å². The fourth-order valence-corrected chi connectivity index (χ4v) is 3.47. The lowest BCUT2D eigenvalue weighted by molar-refractivity contribution is -0.143. The highest BCUT2D eigenvalue weighted by Gasteiger charge is 2.26. The minimum atomic E-state index is -0.688. The molecule has 3 rings (SSSR count). The van der Waals surface area contributed by atoms with Gasteiger partial charge in [0.15, 0.2) is 0 Å². The molecule has 0 aromatic heterocycles. The summed E-state index contributed by atoms with van der Waals surface area (Å²) in [5.41, 5.74) is 2.73. The van der Waals surface area contributed by atoms with E-state index >= 15 is 0 Å². The number of amides is 2. The summed E-state index contributed by atoms with van der Waals surface area (Å²) in [4.78, 5) is 28.4. The lowest BCUT2D eigenvalue weighted by Crippen LogP contribution is -2.51. The highest BCUT2D eigenvalue weighted by Crippen LogP contribution is 2.23. The zero-order valence-electron chi connectivity index (χ0n) is 14.3. The molecule has 0 aliphatic carbocycles. The molecule has 26 heavy (non-hydrogen) atoms. The third-order valence-electron chi connectivity index (χ3n) is 4.25. The molecular weight excluding hydrogens is 373 g/mol. The molecule has 7 heteroatoms. The zero-order chi connectivity index (χ0) is 18.7. The average molecular weight is 392 g/mol. The van der Waals surface area contributed by atoms with Crippen molar-refractivity contribution in [3.8, 4) is 0 Å². The first-order valence-electron chi connectivity index (χ1n) is 8.30. The van der Waals surface area contributed by atoms with Gasteiger partial charge in [-0.2, -0.15) is 0 Å². The zero-order valence-corrected chi connectivity index (χ0v) is 15.8. The van der Waals surface area contributed by atoms with Crippen LogP contribution in [0.1, 0.15) is 5.56 Å². The van der Waals surface area contributed by atoms with Crippen molar-refractivity contribution < 1.29 is 9.59 Å². The SMILES string of the molecule is Cc1cccc(N2CCN(C(=O)C(=O)Nc3cc(Cl)cc(Cl)c3)CC2)c1. The first-order chi connectivity index (χ1) is 12.4. The van der Waals surface area contributed by atoms with Crippen molar-refractivity contribution in [1.29, 1.82) is 0 Å². The molecule has 1 aliphatic rings. The fourth-order valence-electron chi connectivity index (χ4n) is 2.95. The molecule has 0 saturated carbocycles. The Bertz CT molecular complexity index is 813. The maximum atomic E-state index is 12.4. The van der Waals surface area contributed by atoms with E-state index in [-0.39, 0.29) is 0 Å². The number of nitrogens with zero attached hydrogens (tertiary/aromatic N) is 2. The summed E-state index contributed by atoms with van der Waals surface area (Å²) in [6.45, 7) is 4.42. The van der Waals surface area contributed by atoms with E-state index in [4.69, 9.17) is 23.2 Å². The minimum absolute atomic E-state index is 0.395. The van der Waals surface area contributed by atoms with E-state index in [0.29, 0.717) is 41.9 Å². The van der Waals surface area contributed by atoms with E-state index in [0.717, 1.165) is 5.69 Å². The smallest absolute Gasteiger partial charge is 0.313 e. The Hall–Kier alpha value is -2.24. The van der Waals surface area contributed by atoms with Crippen LogP contribution in [0.25, 0.3) is 0 Å². The van der Waals surface area contributed by atoms with Crippen molar-refractivity contribution in [2.24, 2.45) is 0 Å². The number of nitrogens with one attached hydrogen (secondary N) is 1. The number of carbonyl (C=O) groups excluding carboxylic acids is 2. The van der Waals surface area contributed by atoms with Gasteiger partial charge in [-0.1, -0.05) is 35.3 Å². The molecule has 0 unspecified atom stereocenters. The third kappa shape index (κ3) is 4.48. The summed E-state index contributed by atoms with van der Waals surface area (Å²) < 4.78 is 0. The summed E-state index contributed by atoms with van der Waals surface area (Å²) in [7, 11) is 0. The number of piperazine rings is 1. The van der Waals surface area contributed by atoms with Crippen LogP contribution in [0.3, 0.4) is 0 Å². The van der Waals surface area contributed by atoms with Gasteiger partial charge >= 0.3 is 11.8 Å². The van der Waals surface area contributed by atoms with Gasteiger partial charge in [-0.15, -0.1) is 0 Å². The Morgan fingerprint density at radius 2 is 1.62 bits per heavy atom. The third-order valence-corrected chi connectivity index (χ3v) is 4.68. The van der Waals surface area contributed by atoms with Crippen LogP contribution in [0.2, 0.25) is 10.0 Å². The molecule has 2 amide bonds. The monoisotopic (exact) mass is 391 g/mol. The van der Waals surface area contributed by atoms with Gasteiger partial charge in [0.2, 0.25) is 0 Å². The van der Waals surface area contributed by atoms with Crippen LogP contribution in [0.4, 0.5) is 11.4 Å². The summed E-state index contributed by atoms with van der Waals surface area (Å²) in [5.74, 6) is -1.24. The molecule has 0 radical (unpaired) electrons. The molecule has 1 fully saturated rings. The van der Waals surface area contributed by atoms with Gasteiger partial charge in [0.25, 0.3) is 0 Å². The van der Waals surface area contributed by atoms with E-state index in [2.05, 4.69) is 35.3 Å². The van der Waals surface area contributed by atoms with E-state index < -0.39 is 11.8 Å². The van der Waals surface area contributed by atoms with Crippen molar-refractivity contribution in [2.75, 3.05) is 36.4 Å². The topological polar surface area (TPSA) is 52.7 Å². The molecule has 1 N–H and O–H groups in total. The Balaban J connectivity index is 1.58. The number of benzene rings is 2. The maximum Gasteiger partial charge on any atom is 0.313 e. The normalized spacial score (nSPS) is 14.3. The second-order valence-electron chi connectivity index (χ2n) is 6.23. The molecule has 1 heterocycles. The highest BCUT2D eigenvalue weighted by atomic mass is 35.5. The number of hydrogen-bond donors (Lipinski definition) is 1. The van der Waals surface area contributed by atoms with E-state index in [9.17, 15) is 9.59 Å². The molecule has 2 aromatic carbocycles. The maximum absolute atomic E-state index is 12.4. The predicted molar refractivity (Wildman–Crippen MR) is 105 cm³/mol. The summed E-state index contributed by atoms with van der Waals surface area (Å²) in [6, 6.07) is 12.9. The Labute approximate surface area is 162 Å². The van der Waals surface area contributed by atoms with Crippen LogP contribution >= 0.6 is 23.2 Å². The van der Waals surface area contributed by atoms with E-state index in [1.807, 2.05) is 6.07 Å². The van der Waals surface area contributed by atoms with Crippen molar-refractivity contribution in [2.45, 2.75) is 6.92 Å². The lowest BCUT2D eigenvalue weighted by atomic mass is 10.2. The Kier molecular flexibility index (Phi) is 5.69. The Morgan fingerprint density at radius 1 is 0.962 bits per heavy atom. The largest absolute Gasteiger partial charge is 0.368 e. The molecule has 1 saturated heterocycles. The Morgan fingerprint density at radius 3 is 2.23 bits per heavy atom. The molecule has 0 bridgehead atoms. The summed E-state index contributed by atoms with van der Waals surface area (Å²) in [5, 5.41) is 3.35. The van der Waals surface area contributed by atoms with Crippen LogP contribution in [0.5, 0.6) is 0 Å². The number of rotatable bonds is 2. The molecular formula is C19H19Cl2N3O2. The highest BCUT2D eigenvalue weighted by molar-refractivity contribution is 6.40. The number of hydrogen-bond acceptors (Lipinski definition) is 3.